The number of aromatic nitrogens is 2. The third-order valence-electron chi connectivity index (χ3n) is 2.90. The lowest BCUT2D eigenvalue weighted by Crippen LogP contribution is -2.49. The van der Waals surface area contributed by atoms with Gasteiger partial charge in [-0.3, -0.25) is 9.89 Å². The molecule has 0 saturated heterocycles. The number of H-pyrrole nitrogens is 1. The van der Waals surface area contributed by atoms with Crippen molar-refractivity contribution in [3.05, 3.63) is 18.0 Å². The highest BCUT2D eigenvalue weighted by Gasteiger charge is 2.23. The Kier molecular flexibility index (Phi) is 3.01. The lowest BCUT2D eigenvalue weighted by Gasteiger charge is -2.29. The SMILES string of the molecule is N[C@@H]1CCCC[C@H]1NC(=O)c1cn[nH]c1. The number of nitrogens with two attached hydrogens (primary N) is 1. The maximum Gasteiger partial charge on any atom is 0.254 e. The Hall–Kier alpha value is -1.36. The van der Waals surface area contributed by atoms with Crippen LogP contribution in [0, 0.1) is 0 Å². The normalized spacial score (nSPS) is 26.2. The molecule has 2 atom stereocenters. The molecular weight excluding hydrogens is 192 g/mol. The predicted octanol–water partition coefficient (Wildman–Crippen LogP) is 0.409. The van der Waals surface area contributed by atoms with Crippen molar-refractivity contribution in [1.82, 2.24) is 15.5 Å². The van der Waals surface area contributed by atoms with Gasteiger partial charge in [0.2, 0.25) is 0 Å². The van der Waals surface area contributed by atoms with E-state index < -0.39 is 0 Å². The summed E-state index contributed by atoms with van der Waals surface area (Å²) in [6.45, 7) is 0. The third kappa shape index (κ3) is 2.36. The van der Waals surface area contributed by atoms with Crippen molar-refractivity contribution in [3.63, 3.8) is 0 Å². The van der Waals surface area contributed by atoms with Gasteiger partial charge in [0, 0.05) is 18.3 Å². The molecule has 2 rings (SSSR count). The number of aromatic amines is 1. The molecule has 5 heteroatoms. The van der Waals surface area contributed by atoms with Crippen molar-refractivity contribution < 1.29 is 4.79 Å². The highest BCUT2D eigenvalue weighted by molar-refractivity contribution is 5.93. The van der Waals surface area contributed by atoms with Gasteiger partial charge in [-0.05, 0) is 12.8 Å². The molecule has 1 saturated carbocycles. The van der Waals surface area contributed by atoms with Crippen molar-refractivity contribution in [2.45, 2.75) is 37.8 Å². The topological polar surface area (TPSA) is 83.8 Å². The third-order valence-corrected chi connectivity index (χ3v) is 2.90. The second kappa shape index (κ2) is 4.44. The predicted molar refractivity (Wildman–Crippen MR) is 56.3 cm³/mol. The van der Waals surface area contributed by atoms with Gasteiger partial charge in [0.05, 0.1) is 11.8 Å². The van der Waals surface area contributed by atoms with E-state index in [1.165, 1.54) is 12.6 Å². The van der Waals surface area contributed by atoms with Crippen molar-refractivity contribution in [1.29, 1.82) is 0 Å². The number of rotatable bonds is 2. The smallest absolute Gasteiger partial charge is 0.254 e. The Morgan fingerprint density at radius 1 is 1.53 bits per heavy atom. The molecule has 1 aromatic heterocycles. The van der Waals surface area contributed by atoms with Gasteiger partial charge in [-0.25, -0.2) is 0 Å². The van der Waals surface area contributed by atoms with Crippen LogP contribution >= 0.6 is 0 Å². The van der Waals surface area contributed by atoms with Crippen LogP contribution in [0.25, 0.3) is 0 Å². The van der Waals surface area contributed by atoms with Crippen LogP contribution in [-0.2, 0) is 0 Å². The Labute approximate surface area is 88.4 Å². The highest BCUT2D eigenvalue weighted by Crippen LogP contribution is 2.17. The second-order valence-electron chi connectivity index (χ2n) is 4.02. The summed E-state index contributed by atoms with van der Waals surface area (Å²) >= 11 is 0. The molecule has 4 N–H and O–H groups in total. The van der Waals surface area contributed by atoms with Crippen LogP contribution in [0.1, 0.15) is 36.0 Å². The molecule has 1 aliphatic rings. The molecule has 5 nitrogen and oxygen atoms in total. The van der Waals surface area contributed by atoms with E-state index in [9.17, 15) is 4.79 Å². The molecule has 0 aliphatic heterocycles. The maximum atomic E-state index is 11.7. The summed E-state index contributed by atoms with van der Waals surface area (Å²) in [6, 6.07) is 0.204. The van der Waals surface area contributed by atoms with Crippen molar-refractivity contribution in [3.8, 4) is 0 Å². The van der Waals surface area contributed by atoms with Gasteiger partial charge in [0.25, 0.3) is 5.91 Å². The fraction of sp³-hybridized carbons (Fsp3) is 0.600. The van der Waals surface area contributed by atoms with Gasteiger partial charge in [-0.1, -0.05) is 12.8 Å². The molecular formula is C10H16N4O. The molecule has 0 spiro atoms. The van der Waals surface area contributed by atoms with E-state index in [1.54, 1.807) is 6.20 Å². The summed E-state index contributed by atoms with van der Waals surface area (Å²) in [4.78, 5) is 11.7. The summed E-state index contributed by atoms with van der Waals surface area (Å²) < 4.78 is 0. The number of hydrogen-bond donors (Lipinski definition) is 3. The van der Waals surface area contributed by atoms with Crippen LogP contribution in [0.2, 0.25) is 0 Å². The monoisotopic (exact) mass is 208 g/mol. The molecule has 82 valence electrons. The van der Waals surface area contributed by atoms with Gasteiger partial charge < -0.3 is 11.1 Å². The second-order valence-corrected chi connectivity index (χ2v) is 4.02. The Balaban J connectivity index is 1.93. The fourth-order valence-corrected chi connectivity index (χ4v) is 1.97. The molecule has 15 heavy (non-hydrogen) atoms. The van der Waals surface area contributed by atoms with Gasteiger partial charge in [0.15, 0.2) is 0 Å². The van der Waals surface area contributed by atoms with Crippen LogP contribution in [0.5, 0.6) is 0 Å². The molecule has 1 fully saturated rings. The first-order valence-electron chi connectivity index (χ1n) is 5.32. The molecule has 1 heterocycles. The molecule has 1 aliphatic carbocycles. The minimum atomic E-state index is -0.0916. The van der Waals surface area contributed by atoms with Crippen molar-refractivity contribution >= 4 is 5.91 Å². The average Bonchev–Trinajstić information content (AvgIpc) is 2.74. The van der Waals surface area contributed by atoms with Crippen molar-refractivity contribution in [2.24, 2.45) is 5.73 Å². The number of amides is 1. The van der Waals surface area contributed by atoms with E-state index in [0.717, 1.165) is 19.3 Å². The van der Waals surface area contributed by atoms with Crippen LogP contribution in [-0.4, -0.2) is 28.2 Å². The van der Waals surface area contributed by atoms with E-state index in [4.69, 9.17) is 5.73 Å². The highest BCUT2D eigenvalue weighted by atomic mass is 16.1. The zero-order valence-electron chi connectivity index (χ0n) is 8.57. The Morgan fingerprint density at radius 2 is 2.33 bits per heavy atom. The summed E-state index contributed by atoms with van der Waals surface area (Å²) in [5.41, 5.74) is 6.51. The molecule has 0 bridgehead atoms. The van der Waals surface area contributed by atoms with E-state index >= 15 is 0 Å². The number of carbonyl (C=O) groups excluding carboxylic acids is 1. The molecule has 0 unspecified atom stereocenters. The van der Waals surface area contributed by atoms with E-state index in [0.29, 0.717) is 5.56 Å². The molecule has 0 radical (unpaired) electrons. The number of hydrogen-bond acceptors (Lipinski definition) is 3. The minimum Gasteiger partial charge on any atom is -0.348 e. The maximum absolute atomic E-state index is 11.7. The summed E-state index contributed by atoms with van der Waals surface area (Å²) in [5.74, 6) is -0.0916. The minimum absolute atomic E-state index is 0.0916. The first-order valence-corrected chi connectivity index (χ1v) is 5.32. The van der Waals surface area contributed by atoms with E-state index in [-0.39, 0.29) is 18.0 Å². The summed E-state index contributed by atoms with van der Waals surface area (Å²) in [5, 5.41) is 9.30. The first kappa shape index (κ1) is 10.2. The van der Waals surface area contributed by atoms with Crippen LogP contribution in [0.15, 0.2) is 12.4 Å². The standard InChI is InChI=1S/C10H16N4O/c11-8-3-1-2-4-9(8)14-10(15)7-5-12-13-6-7/h5-6,8-9H,1-4,11H2,(H,12,13)(H,14,15)/t8-,9-/m1/s1. The number of nitrogens with one attached hydrogen (secondary N) is 2. The quantitative estimate of drug-likeness (QED) is 0.658. The van der Waals surface area contributed by atoms with Crippen LogP contribution in [0.3, 0.4) is 0 Å². The van der Waals surface area contributed by atoms with E-state index in [2.05, 4.69) is 15.5 Å². The first-order chi connectivity index (χ1) is 7.27. The van der Waals surface area contributed by atoms with Gasteiger partial charge >= 0.3 is 0 Å². The van der Waals surface area contributed by atoms with E-state index in [1.807, 2.05) is 0 Å². The fourth-order valence-electron chi connectivity index (χ4n) is 1.97. The van der Waals surface area contributed by atoms with Crippen LogP contribution in [0.4, 0.5) is 0 Å². The summed E-state index contributed by atoms with van der Waals surface area (Å²) in [7, 11) is 0. The number of carbonyl (C=O) groups is 1. The van der Waals surface area contributed by atoms with Crippen molar-refractivity contribution in [2.75, 3.05) is 0 Å². The Morgan fingerprint density at radius 3 is 3.00 bits per heavy atom. The molecule has 1 aromatic rings. The van der Waals surface area contributed by atoms with Gasteiger partial charge in [-0.15, -0.1) is 0 Å². The lowest BCUT2D eigenvalue weighted by molar-refractivity contribution is 0.0921. The zero-order valence-corrected chi connectivity index (χ0v) is 8.57. The van der Waals surface area contributed by atoms with Gasteiger partial charge in [-0.2, -0.15) is 5.10 Å². The lowest BCUT2D eigenvalue weighted by atomic mass is 9.91. The zero-order chi connectivity index (χ0) is 10.7. The largest absolute Gasteiger partial charge is 0.348 e. The Bertz CT molecular complexity index is 322. The van der Waals surface area contributed by atoms with Crippen LogP contribution < -0.4 is 11.1 Å². The molecule has 0 aromatic carbocycles. The summed E-state index contributed by atoms with van der Waals surface area (Å²) in [6.07, 6.45) is 7.39. The van der Waals surface area contributed by atoms with Gasteiger partial charge in [0.1, 0.15) is 0 Å². The number of nitrogens with zero attached hydrogens (tertiary/aromatic N) is 1. The average molecular weight is 208 g/mol. The molecule has 1 amide bonds.